The number of aliphatic hydroxyl groups excluding tert-OH is 1. The van der Waals surface area contributed by atoms with Crippen molar-refractivity contribution in [2.75, 3.05) is 32.2 Å². The Morgan fingerprint density at radius 1 is 1.14 bits per heavy atom. The first-order chi connectivity index (χ1) is 14.0. The largest absolute Gasteiger partial charge is 0.493 e. The summed E-state index contributed by atoms with van der Waals surface area (Å²) in [6.45, 7) is 3.70. The van der Waals surface area contributed by atoms with Crippen LogP contribution in [0, 0.1) is 6.92 Å². The minimum Gasteiger partial charge on any atom is -0.493 e. The zero-order valence-corrected chi connectivity index (χ0v) is 18.5. The van der Waals surface area contributed by atoms with Gasteiger partial charge in [0, 0.05) is 18.8 Å². The van der Waals surface area contributed by atoms with Gasteiger partial charge in [-0.3, -0.25) is 4.79 Å². The Morgan fingerprint density at radius 2 is 1.90 bits per heavy atom. The summed E-state index contributed by atoms with van der Waals surface area (Å²) in [6, 6.07) is 11.4. The number of nitrogens with one attached hydrogen (secondary N) is 2. The van der Waals surface area contributed by atoms with E-state index in [1.807, 2.05) is 43.3 Å². The second-order valence-corrected chi connectivity index (χ2v) is 7.63. The fraction of sp³-hybridized carbons (Fsp3) is 0.409. The second-order valence-electron chi connectivity index (χ2n) is 6.77. The van der Waals surface area contributed by atoms with Crippen LogP contribution < -0.4 is 20.1 Å². The molecule has 0 heterocycles. The smallest absolute Gasteiger partial charge is 0.262 e. The lowest BCUT2D eigenvalue weighted by Gasteiger charge is -2.15. The first-order valence-corrected chi connectivity index (χ1v) is 10.5. The molecule has 29 heavy (non-hydrogen) atoms. The fourth-order valence-corrected chi connectivity index (χ4v) is 3.36. The van der Waals surface area contributed by atoms with Crippen molar-refractivity contribution in [1.29, 1.82) is 0 Å². The van der Waals surface area contributed by atoms with E-state index in [-0.39, 0.29) is 19.1 Å². The van der Waals surface area contributed by atoms with Crippen LogP contribution in [-0.2, 0) is 11.3 Å². The third-order valence-corrected chi connectivity index (χ3v) is 4.90. The highest BCUT2D eigenvalue weighted by molar-refractivity contribution is 9.10. The number of aryl methyl sites for hydroxylation is 1. The summed E-state index contributed by atoms with van der Waals surface area (Å²) in [7, 11) is 1.58. The minimum atomic E-state index is -0.239. The van der Waals surface area contributed by atoms with Crippen LogP contribution in [0.3, 0.4) is 0 Å². The number of hydrogen-bond acceptors (Lipinski definition) is 5. The summed E-state index contributed by atoms with van der Waals surface area (Å²) in [4.78, 5) is 12.2. The maximum atomic E-state index is 12.2. The van der Waals surface area contributed by atoms with Crippen molar-refractivity contribution in [3.8, 4) is 11.5 Å². The number of halogens is 1. The molecule has 0 fully saturated rings. The van der Waals surface area contributed by atoms with Crippen molar-refractivity contribution in [3.63, 3.8) is 0 Å². The monoisotopic (exact) mass is 464 g/mol. The standard InChI is InChI=1S/C22H29BrN2O4/c1-16-6-8-18(9-7-16)25-21(27)15-29-22-19(23)12-17(13-20(22)28-2)14-24-10-4-3-5-11-26/h6-9,12-13,24,26H,3-5,10-11,14-15H2,1-2H3,(H,25,27). The lowest BCUT2D eigenvalue weighted by Crippen LogP contribution is -2.20. The van der Waals surface area contributed by atoms with Crippen molar-refractivity contribution in [2.24, 2.45) is 0 Å². The highest BCUT2D eigenvalue weighted by Gasteiger charge is 2.14. The van der Waals surface area contributed by atoms with Crippen molar-refractivity contribution in [1.82, 2.24) is 5.32 Å². The third-order valence-electron chi connectivity index (χ3n) is 4.31. The van der Waals surface area contributed by atoms with Crippen molar-refractivity contribution in [2.45, 2.75) is 32.7 Å². The predicted molar refractivity (Wildman–Crippen MR) is 119 cm³/mol. The Labute approximate surface area is 180 Å². The first kappa shape index (κ1) is 23.2. The number of ether oxygens (including phenoxy) is 2. The van der Waals surface area contributed by atoms with Crippen LogP contribution in [0.5, 0.6) is 11.5 Å². The van der Waals surface area contributed by atoms with Gasteiger partial charge in [-0.15, -0.1) is 0 Å². The number of aliphatic hydroxyl groups is 1. The fourth-order valence-electron chi connectivity index (χ4n) is 2.76. The van der Waals surface area contributed by atoms with Crippen LogP contribution in [0.2, 0.25) is 0 Å². The predicted octanol–water partition coefficient (Wildman–Crippen LogP) is 4.04. The van der Waals surface area contributed by atoms with E-state index in [0.29, 0.717) is 18.0 Å². The van der Waals surface area contributed by atoms with Crippen LogP contribution in [0.1, 0.15) is 30.4 Å². The lowest BCUT2D eigenvalue weighted by atomic mass is 10.2. The van der Waals surface area contributed by atoms with E-state index in [9.17, 15) is 4.79 Å². The normalized spacial score (nSPS) is 10.6. The maximum Gasteiger partial charge on any atom is 0.262 e. The van der Waals surface area contributed by atoms with Crippen LogP contribution in [0.25, 0.3) is 0 Å². The molecule has 158 valence electrons. The zero-order chi connectivity index (χ0) is 21.1. The quantitative estimate of drug-likeness (QED) is 0.413. The Morgan fingerprint density at radius 3 is 2.59 bits per heavy atom. The van der Waals surface area contributed by atoms with E-state index in [2.05, 4.69) is 26.6 Å². The first-order valence-electron chi connectivity index (χ1n) is 9.70. The molecule has 2 rings (SSSR count). The molecule has 0 aromatic heterocycles. The molecule has 0 spiro atoms. The van der Waals surface area contributed by atoms with Gasteiger partial charge in [-0.1, -0.05) is 17.7 Å². The Balaban J connectivity index is 1.89. The summed E-state index contributed by atoms with van der Waals surface area (Å²) in [5.41, 5.74) is 2.91. The molecule has 1 amide bonds. The van der Waals surface area contributed by atoms with E-state index in [1.165, 1.54) is 0 Å². The van der Waals surface area contributed by atoms with E-state index < -0.39 is 0 Å². The molecular formula is C22H29BrN2O4. The van der Waals surface area contributed by atoms with Gasteiger partial charge in [-0.25, -0.2) is 0 Å². The number of methoxy groups -OCH3 is 1. The number of amides is 1. The summed E-state index contributed by atoms with van der Waals surface area (Å²) in [6.07, 6.45) is 2.87. The van der Waals surface area contributed by atoms with Gasteiger partial charge in [0.2, 0.25) is 0 Å². The number of carbonyl (C=O) groups is 1. The number of benzene rings is 2. The summed E-state index contributed by atoms with van der Waals surface area (Å²) < 4.78 is 11.9. The van der Waals surface area contributed by atoms with E-state index in [0.717, 1.165) is 47.1 Å². The number of carbonyl (C=O) groups excluding carboxylic acids is 1. The van der Waals surface area contributed by atoms with Gasteiger partial charge in [0.15, 0.2) is 18.1 Å². The van der Waals surface area contributed by atoms with Crippen LogP contribution >= 0.6 is 15.9 Å². The van der Waals surface area contributed by atoms with Crippen molar-refractivity contribution >= 4 is 27.5 Å². The zero-order valence-electron chi connectivity index (χ0n) is 17.0. The number of rotatable bonds is 12. The Bertz CT molecular complexity index is 781. The molecule has 2 aromatic rings. The molecule has 0 radical (unpaired) electrons. The molecule has 0 atom stereocenters. The van der Waals surface area contributed by atoms with E-state index in [1.54, 1.807) is 7.11 Å². The van der Waals surface area contributed by atoms with E-state index in [4.69, 9.17) is 14.6 Å². The van der Waals surface area contributed by atoms with Gasteiger partial charge in [0.05, 0.1) is 11.6 Å². The number of hydrogen-bond donors (Lipinski definition) is 3. The molecule has 0 saturated carbocycles. The minimum absolute atomic E-state index is 0.120. The highest BCUT2D eigenvalue weighted by Crippen LogP contribution is 2.36. The topological polar surface area (TPSA) is 79.8 Å². The maximum absolute atomic E-state index is 12.2. The molecule has 3 N–H and O–H groups in total. The van der Waals surface area contributed by atoms with Gasteiger partial charge >= 0.3 is 0 Å². The number of unbranched alkanes of at least 4 members (excludes halogenated alkanes) is 2. The SMILES string of the molecule is COc1cc(CNCCCCCO)cc(Br)c1OCC(=O)Nc1ccc(C)cc1. The molecule has 0 unspecified atom stereocenters. The molecule has 0 aliphatic rings. The summed E-state index contributed by atoms with van der Waals surface area (Å²) in [5, 5.41) is 15.0. The Hall–Kier alpha value is -2.09. The molecule has 0 bridgehead atoms. The summed E-state index contributed by atoms with van der Waals surface area (Å²) in [5.74, 6) is 0.828. The van der Waals surface area contributed by atoms with Gasteiger partial charge in [-0.2, -0.15) is 0 Å². The molecular weight excluding hydrogens is 436 g/mol. The molecule has 6 nitrogen and oxygen atoms in total. The molecule has 7 heteroatoms. The van der Waals surface area contributed by atoms with Crippen molar-refractivity contribution < 1.29 is 19.4 Å². The van der Waals surface area contributed by atoms with Gasteiger partial charge in [0.25, 0.3) is 5.91 Å². The molecule has 0 aliphatic carbocycles. The van der Waals surface area contributed by atoms with Crippen LogP contribution in [0.4, 0.5) is 5.69 Å². The summed E-state index contributed by atoms with van der Waals surface area (Å²) >= 11 is 3.51. The van der Waals surface area contributed by atoms with Gasteiger partial charge in [0.1, 0.15) is 0 Å². The van der Waals surface area contributed by atoms with Gasteiger partial charge in [-0.05, 0) is 78.5 Å². The Kier molecular flexibility index (Phi) is 9.97. The average Bonchev–Trinajstić information content (AvgIpc) is 2.71. The molecule has 0 aliphatic heterocycles. The average molecular weight is 465 g/mol. The van der Waals surface area contributed by atoms with Crippen molar-refractivity contribution in [3.05, 3.63) is 52.0 Å². The third kappa shape index (κ3) is 8.04. The second kappa shape index (κ2) is 12.5. The molecule has 0 saturated heterocycles. The number of anilines is 1. The van der Waals surface area contributed by atoms with Gasteiger partial charge < -0.3 is 25.2 Å². The van der Waals surface area contributed by atoms with E-state index >= 15 is 0 Å². The highest BCUT2D eigenvalue weighted by atomic mass is 79.9. The van der Waals surface area contributed by atoms with Crippen LogP contribution in [0.15, 0.2) is 40.9 Å². The molecule has 2 aromatic carbocycles. The van der Waals surface area contributed by atoms with Crippen LogP contribution in [-0.4, -0.2) is 37.9 Å². The lowest BCUT2D eigenvalue weighted by molar-refractivity contribution is -0.118.